The highest BCUT2D eigenvalue weighted by atomic mass is 35.5. The van der Waals surface area contributed by atoms with Gasteiger partial charge in [-0.05, 0) is 41.1 Å². The van der Waals surface area contributed by atoms with E-state index in [4.69, 9.17) is 16.6 Å². The molecule has 0 saturated carbocycles. The maximum atomic E-state index is 13.8. The molecule has 0 unspecified atom stereocenters. The normalized spacial score (nSPS) is 12.2. The predicted molar refractivity (Wildman–Crippen MR) is 118 cm³/mol. The van der Waals surface area contributed by atoms with Crippen LogP contribution in [0.5, 0.6) is 0 Å². The number of rotatable bonds is 3. The van der Waals surface area contributed by atoms with E-state index in [2.05, 4.69) is 14.6 Å². The third-order valence-corrected chi connectivity index (χ3v) is 5.53. The van der Waals surface area contributed by atoms with Crippen molar-refractivity contribution in [3.05, 3.63) is 53.1 Å². The fraction of sp³-hybridized carbons (Fsp3) is 0.238. The summed E-state index contributed by atoms with van der Waals surface area (Å²) in [7, 11) is -2.42. The molecule has 8 heteroatoms. The Bertz CT molecular complexity index is 1380. The highest BCUT2D eigenvalue weighted by Gasteiger charge is 2.20. The molecule has 1 N–H and O–H groups in total. The van der Waals surface area contributed by atoms with Crippen LogP contribution in [-0.4, -0.2) is 31.9 Å². The molecule has 2 aromatic heterocycles. The van der Waals surface area contributed by atoms with Crippen molar-refractivity contribution in [3.8, 4) is 11.1 Å². The molecule has 0 aliphatic rings. The van der Waals surface area contributed by atoms with Crippen molar-refractivity contribution in [1.29, 1.82) is 0 Å². The lowest BCUT2D eigenvalue weighted by molar-refractivity contribution is 0.628. The van der Waals surface area contributed by atoms with Crippen LogP contribution < -0.4 is 0 Å². The summed E-state index contributed by atoms with van der Waals surface area (Å²) in [5, 5.41) is 9.66. The first-order valence-electron chi connectivity index (χ1n) is 9.07. The van der Waals surface area contributed by atoms with Gasteiger partial charge in [-0.1, -0.05) is 31.5 Å². The van der Waals surface area contributed by atoms with Gasteiger partial charge >= 0.3 is 0 Å². The Labute approximate surface area is 173 Å². The number of nitrogens with one attached hydrogen (secondary N) is 1. The molecule has 4 aromatic rings. The van der Waals surface area contributed by atoms with Gasteiger partial charge in [0, 0.05) is 38.6 Å². The standard InChI is InChI=1S/C21H20ClFN4OS/c1-11(2)20-19(12-5-6-17(23)16(22)8-12)14-7-13-10-24-26-18(13)9-15(14)21(25-20)27-29(3,4)28/h5-11H,1-4H3,(H,24,26). The number of benzene rings is 2. The van der Waals surface area contributed by atoms with Crippen LogP contribution in [0.2, 0.25) is 5.02 Å². The average Bonchev–Trinajstić information content (AvgIpc) is 3.08. The van der Waals surface area contributed by atoms with E-state index in [0.717, 1.165) is 38.5 Å². The second-order valence-corrected chi connectivity index (χ2v) is 10.6. The second-order valence-electron chi connectivity index (χ2n) is 7.61. The highest BCUT2D eigenvalue weighted by Crippen LogP contribution is 2.41. The van der Waals surface area contributed by atoms with Crippen molar-refractivity contribution >= 4 is 48.8 Å². The number of H-pyrrole nitrogens is 1. The highest BCUT2D eigenvalue weighted by molar-refractivity contribution is 7.92. The van der Waals surface area contributed by atoms with Crippen molar-refractivity contribution in [2.24, 2.45) is 4.36 Å². The van der Waals surface area contributed by atoms with Gasteiger partial charge in [-0.15, -0.1) is 0 Å². The maximum Gasteiger partial charge on any atom is 0.169 e. The molecule has 0 spiro atoms. The number of hydrogen-bond acceptors (Lipinski definition) is 4. The van der Waals surface area contributed by atoms with E-state index in [1.54, 1.807) is 30.8 Å². The van der Waals surface area contributed by atoms with Gasteiger partial charge in [0.25, 0.3) is 0 Å². The number of aromatic nitrogens is 3. The third kappa shape index (κ3) is 3.72. The Morgan fingerprint density at radius 3 is 2.59 bits per heavy atom. The fourth-order valence-electron chi connectivity index (χ4n) is 3.40. The van der Waals surface area contributed by atoms with Crippen LogP contribution in [0.3, 0.4) is 0 Å². The second kappa shape index (κ2) is 7.07. The summed E-state index contributed by atoms with van der Waals surface area (Å²) in [5.74, 6) is 0.00322. The minimum Gasteiger partial charge on any atom is -0.278 e. The summed E-state index contributed by atoms with van der Waals surface area (Å²) in [6, 6.07) is 8.57. The van der Waals surface area contributed by atoms with Crippen molar-refractivity contribution in [2.45, 2.75) is 19.8 Å². The summed E-state index contributed by atoms with van der Waals surface area (Å²) in [4.78, 5) is 4.79. The van der Waals surface area contributed by atoms with Crippen LogP contribution in [0.1, 0.15) is 25.5 Å². The Hall–Kier alpha value is -2.51. The van der Waals surface area contributed by atoms with E-state index in [1.165, 1.54) is 6.07 Å². The number of aromatic amines is 1. The van der Waals surface area contributed by atoms with E-state index in [-0.39, 0.29) is 10.9 Å². The van der Waals surface area contributed by atoms with Gasteiger partial charge < -0.3 is 0 Å². The molecule has 4 rings (SSSR count). The molecule has 0 fully saturated rings. The molecule has 0 bridgehead atoms. The first kappa shape index (κ1) is 19.8. The number of pyridine rings is 1. The molecule has 2 heterocycles. The molecule has 0 saturated heterocycles. The van der Waals surface area contributed by atoms with Gasteiger partial charge in [0.15, 0.2) is 5.82 Å². The first-order valence-corrected chi connectivity index (χ1v) is 11.8. The van der Waals surface area contributed by atoms with E-state index in [0.29, 0.717) is 5.82 Å². The Balaban J connectivity index is 2.21. The van der Waals surface area contributed by atoms with Gasteiger partial charge in [0.05, 0.1) is 22.4 Å². The zero-order chi connectivity index (χ0) is 20.9. The lowest BCUT2D eigenvalue weighted by Gasteiger charge is -2.17. The van der Waals surface area contributed by atoms with Crippen molar-refractivity contribution < 1.29 is 8.60 Å². The summed E-state index contributed by atoms with van der Waals surface area (Å²) < 4.78 is 30.7. The molecule has 5 nitrogen and oxygen atoms in total. The Morgan fingerprint density at radius 1 is 1.17 bits per heavy atom. The van der Waals surface area contributed by atoms with Crippen LogP contribution in [0.25, 0.3) is 32.8 Å². The van der Waals surface area contributed by atoms with Crippen LogP contribution in [0.4, 0.5) is 10.2 Å². The number of halogens is 2. The summed E-state index contributed by atoms with van der Waals surface area (Å²) in [6.07, 6.45) is 4.90. The molecule has 0 atom stereocenters. The smallest absolute Gasteiger partial charge is 0.169 e. The fourth-order valence-corrected chi connectivity index (χ4v) is 4.14. The Kier molecular flexibility index (Phi) is 4.83. The summed E-state index contributed by atoms with van der Waals surface area (Å²) in [5.41, 5.74) is 3.23. The lowest BCUT2D eigenvalue weighted by Crippen LogP contribution is -2.00. The van der Waals surface area contributed by atoms with Crippen molar-refractivity contribution in [2.75, 3.05) is 12.5 Å². The SMILES string of the molecule is CC(C)c1nc(N=S(C)(C)=O)c2cc3[nH]ncc3cc2c1-c1ccc(F)c(Cl)c1. The van der Waals surface area contributed by atoms with Crippen LogP contribution >= 0.6 is 11.6 Å². The zero-order valence-corrected chi connectivity index (χ0v) is 18.0. The van der Waals surface area contributed by atoms with Gasteiger partial charge in [0.2, 0.25) is 0 Å². The number of hydrogen-bond donors (Lipinski definition) is 1. The van der Waals surface area contributed by atoms with E-state index in [9.17, 15) is 8.60 Å². The van der Waals surface area contributed by atoms with Crippen molar-refractivity contribution in [3.63, 3.8) is 0 Å². The number of fused-ring (bicyclic) bond motifs is 2. The zero-order valence-electron chi connectivity index (χ0n) is 16.5. The van der Waals surface area contributed by atoms with Gasteiger partial charge in [-0.3, -0.25) is 5.10 Å². The van der Waals surface area contributed by atoms with E-state index >= 15 is 0 Å². The van der Waals surface area contributed by atoms with Gasteiger partial charge in [-0.25, -0.2) is 13.6 Å². The van der Waals surface area contributed by atoms with Crippen LogP contribution in [0.15, 0.2) is 40.9 Å². The third-order valence-electron chi connectivity index (χ3n) is 4.63. The molecule has 0 radical (unpaired) electrons. The summed E-state index contributed by atoms with van der Waals surface area (Å²) in [6.45, 7) is 4.05. The lowest BCUT2D eigenvalue weighted by atomic mass is 9.92. The molecular weight excluding hydrogens is 411 g/mol. The van der Waals surface area contributed by atoms with E-state index in [1.807, 2.05) is 26.0 Å². The topological polar surface area (TPSA) is 71.0 Å². The average molecular weight is 431 g/mol. The molecule has 2 aromatic carbocycles. The Morgan fingerprint density at radius 2 is 1.93 bits per heavy atom. The van der Waals surface area contributed by atoms with E-state index < -0.39 is 15.5 Å². The molecule has 0 aliphatic heterocycles. The molecule has 0 amide bonds. The molecular formula is C21H20ClFN4OS. The summed E-state index contributed by atoms with van der Waals surface area (Å²) >= 11 is 6.08. The quantitative estimate of drug-likeness (QED) is 0.429. The number of nitrogens with zero attached hydrogens (tertiary/aromatic N) is 3. The van der Waals surface area contributed by atoms with Gasteiger partial charge in [-0.2, -0.15) is 9.46 Å². The molecule has 29 heavy (non-hydrogen) atoms. The first-order chi connectivity index (χ1) is 13.6. The predicted octanol–water partition coefficient (Wildman–Crippen LogP) is 6.05. The molecule has 150 valence electrons. The van der Waals surface area contributed by atoms with Crippen LogP contribution in [0, 0.1) is 5.82 Å². The van der Waals surface area contributed by atoms with Crippen LogP contribution in [-0.2, 0) is 9.73 Å². The largest absolute Gasteiger partial charge is 0.278 e. The minimum atomic E-state index is -2.42. The minimum absolute atomic E-state index is 0.0497. The monoisotopic (exact) mass is 430 g/mol. The molecule has 0 aliphatic carbocycles. The van der Waals surface area contributed by atoms with Crippen molar-refractivity contribution in [1.82, 2.24) is 15.2 Å². The maximum absolute atomic E-state index is 13.8. The van der Waals surface area contributed by atoms with Gasteiger partial charge in [0.1, 0.15) is 5.82 Å².